The molecule has 1 atom stereocenters. The van der Waals surface area contributed by atoms with Crippen LogP contribution in [0.2, 0.25) is 0 Å². The minimum absolute atomic E-state index is 0.238. The van der Waals surface area contributed by atoms with Gasteiger partial charge >= 0.3 is 12.1 Å². The van der Waals surface area contributed by atoms with E-state index in [2.05, 4.69) is 33.8 Å². The summed E-state index contributed by atoms with van der Waals surface area (Å²) in [4.78, 5) is 30.7. The number of amides is 1. The van der Waals surface area contributed by atoms with Gasteiger partial charge < -0.3 is 24.8 Å². The zero-order valence-electron chi connectivity index (χ0n) is 21.2. The molecule has 0 radical (unpaired) electrons. The molecule has 8 heteroatoms. The van der Waals surface area contributed by atoms with Crippen LogP contribution in [0.1, 0.15) is 76.1 Å². The molecular weight excluding hydrogens is 422 g/mol. The minimum atomic E-state index is -1.15. The van der Waals surface area contributed by atoms with Crippen LogP contribution in [0.4, 0.5) is 10.5 Å². The van der Waals surface area contributed by atoms with Crippen molar-refractivity contribution in [3.63, 3.8) is 0 Å². The highest BCUT2D eigenvalue weighted by Gasteiger charge is 2.35. The van der Waals surface area contributed by atoms with E-state index in [9.17, 15) is 14.7 Å². The molecule has 1 aromatic rings. The van der Waals surface area contributed by atoms with E-state index in [1.165, 1.54) is 7.11 Å². The Morgan fingerprint density at radius 1 is 1.21 bits per heavy atom. The average Bonchev–Trinajstić information content (AvgIpc) is 2.69. The maximum atomic E-state index is 12.4. The van der Waals surface area contributed by atoms with Crippen LogP contribution >= 0.6 is 0 Å². The Labute approximate surface area is 197 Å². The largest absolute Gasteiger partial charge is 0.479 e. The number of methoxy groups -OCH3 is 1. The molecule has 1 aliphatic rings. The van der Waals surface area contributed by atoms with Crippen molar-refractivity contribution < 1.29 is 24.2 Å². The van der Waals surface area contributed by atoms with Crippen molar-refractivity contribution in [3.8, 4) is 0 Å². The third kappa shape index (κ3) is 7.19. The summed E-state index contributed by atoms with van der Waals surface area (Å²) in [5.41, 5.74) is 3.30. The first kappa shape index (κ1) is 26.6. The van der Waals surface area contributed by atoms with Crippen LogP contribution < -0.4 is 10.2 Å². The second kappa shape index (κ2) is 10.5. The van der Waals surface area contributed by atoms with E-state index in [0.717, 1.165) is 42.9 Å². The number of nitrogens with zero attached hydrogens (tertiary/aromatic N) is 2. The number of aliphatic carboxylic acids is 1. The molecule has 33 heavy (non-hydrogen) atoms. The van der Waals surface area contributed by atoms with Crippen LogP contribution in [0.25, 0.3) is 6.08 Å². The highest BCUT2D eigenvalue weighted by atomic mass is 16.5. The zero-order chi connectivity index (χ0) is 25.0. The summed E-state index contributed by atoms with van der Waals surface area (Å²) in [5, 5.41) is 12.8. The van der Waals surface area contributed by atoms with E-state index >= 15 is 0 Å². The number of pyridine rings is 1. The third-order valence-electron chi connectivity index (χ3n) is 5.85. The van der Waals surface area contributed by atoms with Crippen molar-refractivity contribution in [2.45, 2.75) is 73.0 Å². The lowest BCUT2D eigenvalue weighted by molar-refractivity contribution is -0.160. The number of piperidine rings is 1. The maximum Gasteiger partial charge on any atom is 0.407 e. The van der Waals surface area contributed by atoms with Crippen LogP contribution in [-0.4, -0.2) is 54.5 Å². The lowest BCUT2D eigenvalue weighted by Gasteiger charge is -2.41. The van der Waals surface area contributed by atoms with Crippen molar-refractivity contribution in [2.24, 2.45) is 5.41 Å². The molecule has 1 amide bonds. The van der Waals surface area contributed by atoms with E-state index in [4.69, 9.17) is 4.74 Å². The molecule has 0 bridgehead atoms. The van der Waals surface area contributed by atoms with Crippen LogP contribution in [0.5, 0.6) is 0 Å². The molecular formula is C25H39N3O5. The van der Waals surface area contributed by atoms with Crippen molar-refractivity contribution >= 4 is 23.8 Å². The van der Waals surface area contributed by atoms with Crippen molar-refractivity contribution in [3.05, 3.63) is 28.6 Å². The molecule has 0 spiro atoms. The summed E-state index contributed by atoms with van der Waals surface area (Å²) < 4.78 is 10.7. The molecule has 2 heterocycles. The number of carbonyl (C=O) groups is 2. The molecule has 1 aliphatic heterocycles. The van der Waals surface area contributed by atoms with Crippen molar-refractivity contribution in [1.29, 1.82) is 0 Å². The van der Waals surface area contributed by atoms with Gasteiger partial charge in [0, 0.05) is 42.1 Å². The van der Waals surface area contributed by atoms with Gasteiger partial charge in [0.2, 0.25) is 0 Å². The van der Waals surface area contributed by atoms with Gasteiger partial charge in [-0.3, -0.25) is 4.98 Å². The average molecular weight is 462 g/mol. The summed E-state index contributed by atoms with van der Waals surface area (Å²) in [5.74, 6) is -1.04. The molecule has 1 aromatic heterocycles. The van der Waals surface area contributed by atoms with E-state index in [1.807, 2.05) is 46.8 Å². The molecule has 1 saturated heterocycles. The second-order valence-corrected chi connectivity index (χ2v) is 10.3. The Hall–Kier alpha value is -2.61. The standard InChI is InChI=1S/C25H39N3O5/c1-16-18(10-9-13-26-23(31)32-8)20(28-14-11-25(6,7)12-15-28)19(17(2)27-16)21(22(29)30)33-24(3,4)5/h9-10,21H,11-15H2,1-8H3,(H,26,31)(H,29,30)/b10-9+/t21-/m0/s1. The Morgan fingerprint density at radius 2 is 1.82 bits per heavy atom. The zero-order valence-corrected chi connectivity index (χ0v) is 21.2. The first-order valence-electron chi connectivity index (χ1n) is 11.4. The predicted molar refractivity (Wildman–Crippen MR) is 130 cm³/mol. The lowest BCUT2D eigenvalue weighted by atomic mass is 9.82. The summed E-state index contributed by atoms with van der Waals surface area (Å²) in [7, 11) is 1.32. The lowest BCUT2D eigenvalue weighted by Crippen LogP contribution is -2.39. The number of rotatable bonds is 7. The van der Waals surface area contributed by atoms with Gasteiger partial charge in [-0.15, -0.1) is 0 Å². The number of aromatic nitrogens is 1. The van der Waals surface area contributed by atoms with Crippen LogP contribution in [-0.2, 0) is 14.3 Å². The topological polar surface area (TPSA) is 101 Å². The molecule has 0 aliphatic carbocycles. The number of hydrogen-bond donors (Lipinski definition) is 2. The maximum absolute atomic E-state index is 12.4. The Kier molecular flexibility index (Phi) is 8.52. The van der Waals surface area contributed by atoms with Gasteiger partial charge in [0.1, 0.15) is 0 Å². The van der Waals surface area contributed by atoms with E-state index in [0.29, 0.717) is 11.3 Å². The third-order valence-corrected chi connectivity index (χ3v) is 5.85. The number of anilines is 1. The Balaban J connectivity index is 2.63. The summed E-state index contributed by atoms with van der Waals surface area (Å²) in [6, 6.07) is 0. The fraction of sp³-hybridized carbons (Fsp3) is 0.640. The van der Waals surface area contributed by atoms with E-state index in [1.54, 1.807) is 0 Å². The monoisotopic (exact) mass is 461 g/mol. The van der Waals surface area contributed by atoms with Gasteiger partial charge in [-0.25, -0.2) is 9.59 Å². The molecule has 184 valence electrons. The summed E-state index contributed by atoms with van der Waals surface area (Å²) in [6.07, 6.45) is 4.05. The molecule has 2 N–H and O–H groups in total. The smallest absolute Gasteiger partial charge is 0.407 e. The number of nitrogens with one attached hydrogen (secondary N) is 1. The predicted octanol–water partition coefficient (Wildman–Crippen LogP) is 4.63. The number of carboxylic acids is 1. The summed E-state index contributed by atoms with van der Waals surface area (Å²) in [6.45, 7) is 15.7. The second-order valence-electron chi connectivity index (χ2n) is 10.3. The number of hydrogen-bond acceptors (Lipinski definition) is 6. The molecule has 2 rings (SSSR count). The van der Waals surface area contributed by atoms with Crippen molar-refractivity contribution in [1.82, 2.24) is 10.3 Å². The van der Waals surface area contributed by atoms with E-state index in [-0.39, 0.29) is 12.0 Å². The van der Waals surface area contributed by atoms with Crippen LogP contribution in [0.3, 0.4) is 0 Å². The first-order valence-corrected chi connectivity index (χ1v) is 11.4. The fourth-order valence-corrected chi connectivity index (χ4v) is 4.03. The van der Waals surface area contributed by atoms with Gasteiger partial charge in [0.05, 0.1) is 18.4 Å². The number of carboxylic acid groups (broad SMARTS) is 1. The van der Waals surface area contributed by atoms with Gasteiger partial charge in [0.15, 0.2) is 6.10 Å². The Bertz CT molecular complexity index is 892. The molecule has 1 fully saturated rings. The van der Waals surface area contributed by atoms with E-state index < -0.39 is 23.8 Å². The normalized spacial score (nSPS) is 17.2. The highest BCUT2D eigenvalue weighted by Crippen LogP contribution is 2.41. The SMILES string of the molecule is COC(=O)NC/C=C/c1c(C)nc(C)c([C@H](OC(C)(C)C)C(=O)O)c1N1CCC(C)(C)CC1. The quantitative estimate of drug-likeness (QED) is 0.610. The fourth-order valence-electron chi connectivity index (χ4n) is 4.03. The van der Waals surface area contributed by atoms with Crippen LogP contribution in [0, 0.1) is 19.3 Å². The number of aryl methyl sites for hydroxylation is 2. The van der Waals surface area contributed by atoms with Gasteiger partial charge in [-0.1, -0.05) is 26.0 Å². The molecule has 0 aromatic carbocycles. The molecule has 8 nitrogen and oxygen atoms in total. The highest BCUT2D eigenvalue weighted by molar-refractivity contribution is 5.82. The number of ether oxygens (including phenoxy) is 2. The first-order chi connectivity index (χ1) is 15.3. The Morgan fingerprint density at radius 3 is 2.33 bits per heavy atom. The number of carbonyl (C=O) groups excluding carboxylic acids is 1. The molecule has 0 saturated carbocycles. The van der Waals surface area contributed by atoms with Gasteiger partial charge in [-0.2, -0.15) is 0 Å². The van der Waals surface area contributed by atoms with Gasteiger partial charge in [-0.05, 0) is 52.9 Å². The minimum Gasteiger partial charge on any atom is -0.479 e. The van der Waals surface area contributed by atoms with Gasteiger partial charge in [0.25, 0.3) is 0 Å². The van der Waals surface area contributed by atoms with Crippen LogP contribution in [0.15, 0.2) is 6.08 Å². The number of alkyl carbamates (subject to hydrolysis) is 1. The van der Waals surface area contributed by atoms with Crippen molar-refractivity contribution in [2.75, 3.05) is 31.6 Å². The molecule has 0 unspecified atom stereocenters. The summed E-state index contributed by atoms with van der Waals surface area (Å²) >= 11 is 0.